The second-order valence-corrected chi connectivity index (χ2v) is 16.0. The molecule has 0 aliphatic heterocycles. The summed E-state index contributed by atoms with van der Waals surface area (Å²) in [7, 11) is 0. The van der Waals surface area contributed by atoms with Crippen molar-refractivity contribution in [2.24, 2.45) is 5.73 Å². The fourth-order valence-electron chi connectivity index (χ4n) is 7.52. The number of aryl methyl sites for hydroxylation is 3. The zero-order valence-corrected chi connectivity index (χ0v) is 37.9. The average Bonchev–Trinajstić information content (AvgIpc) is 3.71. The van der Waals surface area contributed by atoms with Crippen LogP contribution in [0, 0.1) is 24.7 Å². The molecular formula is C59H59N3S. The highest BCUT2D eigenvalue weighted by Gasteiger charge is 2.17. The lowest BCUT2D eigenvalue weighted by molar-refractivity contribution is 1.07. The van der Waals surface area contributed by atoms with E-state index in [1.54, 1.807) is 0 Å². The molecule has 0 spiro atoms. The van der Waals surface area contributed by atoms with Gasteiger partial charge in [-0.3, -0.25) is 0 Å². The van der Waals surface area contributed by atoms with E-state index in [2.05, 4.69) is 205 Å². The minimum absolute atomic E-state index is 0.606. The summed E-state index contributed by atoms with van der Waals surface area (Å²) in [4.78, 5) is 1.41. The van der Waals surface area contributed by atoms with Crippen LogP contribution in [-0.4, -0.2) is 13.4 Å². The number of fused-ring (bicyclic) bond motifs is 2. The van der Waals surface area contributed by atoms with Gasteiger partial charge in [-0.1, -0.05) is 201 Å². The largest absolute Gasteiger partial charge is 0.326 e. The Morgan fingerprint density at radius 3 is 1.56 bits per heavy atom. The molecule has 0 amide bonds. The van der Waals surface area contributed by atoms with Crippen molar-refractivity contribution in [3.05, 3.63) is 233 Å². The molecule has 0 radical (unpaired) electrons. The Morgan fingerprint density at radius 1 is 0.508 bits per heavy atom. The van der Waals surface area contributed by atoms with Crippen LogP contribution in [0.25, 0.3) is 59.8 Å². The van der Waals surface area contributed by atoms with E-state index < -0.39 is 0 Å². The normalized spacial score (nSPS) is 10.5. The molecule has 0 saturated carbocycles. The Balaban J connectivity index is 0.000000244. The number of hydrogen-bond donors (Lipinski definition) is 3. The second kappa shape index (κ2) is 24.5. The Morgan fingerprint density at radius 2 is 1.00 bits per heavy atom. The van der Waals surface area contributed by atoms with Crippen LogP contribution in [0.5, 0.6) is 0 Å². The quantitative estimate of drug-likeness (QED) is 0.131. The first-order valence-electron chi connectivity index (χ1n) is 21.4. The molecule has 8 aromatic carbocycles. The fraction of sp³-hybridized carbons (Fsp3) is 0.119. The van der Waals surface area contributed by atoms with Crippen molar-refractivity contribution >= 4 is 51.2 Å². The molecule has 0 unspecified atom stereocenters. The highest BCUT2D eigenvalue weighted by atomic mass is 32.1. The van der Waals surface area contributed by atoms with Gasteiger partial charge in [0.15, 0.2) is 0 Å². The number of rotatable bonds is 8. The summed E-state index contributed by atoms with van der Waals surface area (Å²) in [6.07, 6.45) is 4.43. The van der Waals surface area contributed by atoms with Crippen LogP contribution >= 0.6 is 11.3 Å². The molecule has 0 atom stereocenters. The number of allylic oxidation sites excluding steroid dienone is 1. The molecule has 316 valence electrons. The third-order valence-electron chi connectivity index (χ3n) is 10.6. The first kappa shape index (κ1) is 47.1. The number of hydrogen-bond acceptors (Lipinski definition) is 4. The first-order valence-corrected chi connectivity index (χ1v) is 22.2. The smallest absolute Gasteiger partial charge is 0.0390 e. The van der Waals surface area contributed by atoms with Crippen molar-refractivity contribution in [1.29, 1.82) is 10.8 Å². The van der Waals surface area contributed by atoms with Crippen molar-refractivity contribution in [3.8, 4) is 33.4 Å². The monoisotopic (exact) mass is 841 g/mol. The lowest BCUT2D eigenvalue weighted by Crippen LogP contribution is -1.95. The molecule has 1 aromatic heterocycles. The zero-order chi connectivity index (χ0) is 45.0. The Hall–Kier alpha value is -6.98. The molecule has 4 heteroatoms. The maximum Gasteiger partial charge on any atom is 0.0390 e. The van der Waals surface area contributed by atoms with Crippen LogP contribution in [0.3, 0.4) is 0 Å². The van der Waals surface area contributed by atoms with E-state index in [0.29, 0.717) is 6.54 Å². The molecule has 1 heterocycles. The van der Waals surface area contributed by atoms with Gasteiger partial charge in [-0.25, -0.2) is 0 Å². The SMILES string of the molecule is C=N.C=N.CC/C=C(/c1cccc(-c2cccc(-c3cccc(C)c3)c2)c1)c1sc2cc3ccccc3cc2c1CC.Cc1ccccc1.NCc1ccc(-c2ccccc2)cc1. The van der Waals surface area contributed by atoms with E-state index in [9.17, 15) is 0 Å². The Bertz CT molecular complexity index is 2820. The molecular weight excluding hydrogens is 783 g/mol. The van der Waals surface area contributed by atoms with Crippen LogP contribution < -0.4 is 5.73 Å². The average molecular weight is 842 g/mol. The molecule has 0 aliphatic rings. The van der Waals surface area contributed by atoms with E-state index in [-0.39, 0.29) is 0 Å². The van der Waals surface area contributed by atoms with Crippen molar-refractivity contribution in [2.75, 3.05) is 0 Å². The van der Waals surface area contributed by atoms with E-state index in [1.807, 2.05) is 47.7 Å². The maximum absolute atomic E-state index is 5.54. The third kappa shape index (κ3) is 12.5. The molecule has 0 saturated heterocycles. The molecule has 9 aromatic rings. The minimum Gasteiger partial charge on any atom is -0.326 e. The van der Waals surface area contributed by atoms with Gasteiger partial charge >= 0.3 is 0 Å². The summed E-state index contributed by atoms with van der Waals surface area (Å²) < 4.78 is 1.37. The Kier molecular flexibility index (Phi) is 18.3. The lowest BCUT2D eigenvalue weighted by atomic mass is 9.93. The summed E-state index contributed by atoms with van der Waals surface area (Å²) >= 11 is 1.94. The molecule has 0 bridgehead atoms. The summed E-state index contributed by atoms with van der Waals surface area (Å²) in [6.45, 7) is 14.4. The number of thiophene rings is 1. The Labute approximate surface area is 379 Å². The van der Waals surface area contributed by atoms with Crippen LogP contribution in [0.2, 0.25) is 0 Å². The van der Waals surface area contributed by atoms with Crippen LogP contribution in [-0.2, 0) is 13.0 Å². The maximum atomic E-state index is 5.54. The van der Waals surface area contributed by atoms with Crippen LogP contribution in [0.15, 0.2) is 200 Å². The van der Waals surface area contributed by atoms with E-state index in [4.69, 9.17) is 16.6 Å². The standard InChI is InChI=1S/C37H32S.C13H13N.C7H8.2CH3N/c1-4-11-34(37-33(5-2)35-23-30-13-6-7-14-31(30)24-36(35)38-37)32-19-10-18-29(22-32)28-17-9-16-27(21-28)26-15-8-12-25(3)20-26;14-10-11-6-8-13(9-7-11)12-4-2-1-3-5-12;1-7-5-3-2-4-6-7;2*1-2/h6-24H,4-5H2,1-3H3;1-9H,10,14H2;2-6H,1H3;2*2H,1H2/b34-11-;;;;. The van der Waals surface area contributed by atoms with E-state index in [0.717, 1.165) is 12.8 Å². The van der Waals surface area contributed by atoms with Gasteiger partial charge < -0.3 is 16.6 Å². The van der Waals surface area contributed by atoms with Gasteiger partial charge in [-0.2, -0.15) is 0 Å². The van der Waals surface area contributed by atoms with Crippen molar-refractivity contribution < 1.29 is 0 Å². The van der Waals surface area contributed by atoms with Gasteiger partial charge in [0.25, 0.3) is 0 Å². The van der Waals surface area contributed by atoms with E-state index in [1.165, 1.54) is 92.5 Å². The first-order chi connectivity index (χ1) is 30.9. The summed E-state index contributed by atoms with van der Waals surface area (Å²) in [6, 6.07) is 69.2. The predicted octanol–water partition coefficient (Wildman–Crippen LogP) is 16.4. The van der Waals surface area contributed by atoms with Gasteiger partial charge in [0.05, 0.1) is 0 Å². The van der Waals surface area contributed by atoms with Gasteiger partial charge in [0.1, 0.15) is 0 Å². The molecule has 0 aliphatic carbocycles. The number of nitrogens with two attached hydrogens (primary N) is 1. The summed E-state index contributed by atoms with van der Waals surface area (Å²) in [5.41, 5.74) is 20.9. The molecule has 3 nitrogen and oxygen atoms in total. The predicted molar refractivity (Wildman–Crippen MR) is 279 cm³/mol. The van der Waals surface area contributed by atoms with E-state index >= 15 is 0 Å². The topological polar surface area (TPSA) is 73.7 Å². The van der Waals surface area contributed by atoms with Gasteiger partial charge in [0.2, 0.25) is 0 Å². The third-order valence-corrected chi connectivity index (χ3v) is 11.9. The van der Waals surface area contributed by atoms with Crippen LogP contribution in [0.1, 0.15) is 53.0 Å². The molecule has 63 heavy (non-hydrogen) atoms. The summed E-state index contributed by atoms with van der Waals surface area (Å²) in [5.74, 6) is 0. The van der Waals surface area contributed by atoms with Crippen molar-refractivity contribution in [1.82, 2.24) is 0 Å². The number of nitrogens with one attached hydrogen (secondary N) is 2. The number of benzene rings is 8. The molecule has 0 fully saturated rings. The second-order valence-electron chi connectivity index (χ2n) is 14.9. The molecule has 9 rings (SSSR count). The van der Waals surface area contributed by atoms with Crippen molar-refractivity contribution in [2.45, 2.75) is 47.1 Å². The van der Waals surface area contributed by atoms with Gasteiger partial charge in [-0.05, 0) is 136 Å². The molecule has 4 N–H and O–H groups in total. The minimum atomic E-state index is 0.606. The summed E-state index contributed by atoms with van der Waals surface area (Å²) in [5, 5.41) is 15.0. The lowest BCUT2D eigenvalue weighted by Gasteiger charge is -2.12. The van der Waals surface area contributed by atoms with Gasteiger partial charge in [-0.15, -0.1) is 11.3 Å². The van der Waals surface area contributed by atoms with Gasteiger partial charge in [0, 0.05) is 16.1 Å². The van der Waals surface area contributed by atoms with Crippen molar-refractivity contribution in [3.63, 3.8) is 0 Å². The fourth-order valence-corrected chi connectivity index (χ4v) is 8.90. The highest BCUT2D eigenvalue weighted by Crippen LogP contribution is 2.41. The zero-order valence-electron chi connectivity index (χ0n) is 37.1. The van der Waals surface area contributed by atoms with Crippen LogP contribution in [0.4, 0.5) is 0 Å². The highest BCUT2D eigenvalue weighted by molar-refractivity contribution is 7.20.